The molecule has 0 radical (unpaired) electrons. The number of aromatic nitrogens is 2. The van der Waals surface area contributed by atoms with Crippen molar-refractivity contribution >= 4 is 21.4 Å². The minimum absolute atomic E-state index is 0.0463. The summed E-state index contributed by atoms with van der Waals surface area (Å²) in [6, 6.07) is 4.81. The van der Waals surface area contributed by atoms with Crippen LogP contribution in [0, 0.1) is 0 Å². The maximum atomic E-state index is 11.7. The van der Waals surface area contributed by atoms with Crippen LogP contribution < -0.4 is 5.32 Å². The second-order valence-corrected chi connectivity index (χ2v) is 7.22. The first-order valence-electron chi connectivity index (χ1n) is 6.31. The van der Waals surface area contributed by atoms with Gasteiger partial charge in [-0.05, 0) is 32.2 Å². The van der Waals surface area contributed by atoms with E-state index in [4.69, 9.17) is 16.1 Å². The fourth-order valence-electron chi connectivity index (χ4n) is 1.75. The zero-order chi connectivity index (χ0) is 15.6. The number of benzene rings is 1. The highest BCUT2D eigenvalue weighted by molar-refractivity contribution is 7.90. The first-order chi connectivity index (χ1) is 9.81. The Bertz CT molecular complexity index is 743. The summed E-state index contributed by atoms with van der Waals surface area (Å²) < 4.78 is 28.5. The Morgan fingerprint density at radius 2 is 2.14 bits per heavy atom. The summed E-state index contributed by atoms with van der Waals surface area (Å²) >= 11 is 5.91. The fraction of sp³-hybridized carbons (Fsp3) is 0.385. The van der Waals surface area contributed by atoms with Gasteiger partial charge in [-0.15, -0.1) is 0 Å². The highest BCUT2D eigenvalue weighted by atomic mass is 35.5. The molecule has 0 saturated heterocycles. The lowest BCUT2D eigenvalue weighted by Crippen LogP contribution is -2.24. The van der Waals surface area contributed by atoms with Gasteiger partial charge in [0.15, 0.2) is 15.7 Å². The molecule has 1 aromatic carbocycles. The predicted octanol–water partition coefficient (Wildman–Crippen LogP) is 1.94. The number of nitrogens with one attached hydrogen (secondary N) is 1. The number of hydrogen-bond acceptors (Lipinski definition) is 6. The highest BCUT2D eigenvalue weighted by Gasteiger charge is 2.17. The van der Waals surface area contributed by atoms with Crippen LogP contribution in [-0.2, 0) is 16.3 Å². The van der Waals surface area contributed by atoms with Gasteiger partial charge in [-0.25, -0.2) is 8.42 Å². The predicted molar refractivity (Wildman–Crippen MR) is 80.1 cm³/mol. The van der Waals surface area contributed by atoms with Crippen LogP contribution in [0.1, 0.15) is 12.7 Å². The molecule has 1 heterocycles. The Morgan fingerprint density at radius 1 is 1.43 bits per heavy atom. The molecule has 0 fully saturated rings. The quantitative estimate of drug-likeness (QED) is 0.902. The molecule has 0 amide bonds. The van der Waals surface area contributed by atoms with Crippen molar-refractivity contribution in [2.45, 2.75) is 24.3 Å². The van der Waals surface area contributed by atoms with Crippen molar-refractivity contribution < 1.29 is 12.9 Å². The molecule has 1 N–H and O–H groups in total. The lowest BCUT2D eigenvalue weighted by molar-refractivity contribution is 0.418. The Kier molecular flexibility index (Phi) is 4.65. The molecule has 0 bridgehead atoms. The van der Waals surface area contributed by atoms with Gasteiger partial charge in [0.2, 0.25) is 0 Å². The van der Waals surface area contributed by atoms with Crippen LogP contribution in [0.2, 0.25) is 5.02 Å². The zero-order valence-corrected chi connectivity index (χ0v) is 13.5. The number of nitrogens with zero attached hydrogens (tertiary/aromatic N) is 2. The average Bonchev–Trinajstić information content (AvgIpc) is 2.86. The summed E-state index contributed by atoms with van der Waals surface area (Å²) in [6.45, 7) is 2.00. The van der Waals surface area contributed by atoms with Gasteiger partial charge in [-0.1, -0.05) is 16.8 Å². The second-order valence-electron chi connectivity index (χ2n) is 4.83. The van der Waals surface area contributed by atoms with E-state index in [2.05, 4.69) is 15.5 Å². The van der Waals surface area contributed by atoms with Gasteiger partial charge in [-0.2, -0.15) is 4.98 Å². The van der Waals surface area contributed by atoms with Crippen LogP contribution in [0.3, 0.4) is 0 Å². The van der Waals surface area contributed by atoms with Crippen molar-refractivity contribution in [2.24, 2.45) is 0 Å². The van der Waals surface area contributed by atoms with E-state index >= 15 is 0 Å². The number of sulfone groups is 1. The Hall–Kier alpha value is -1.44. The van der Waals surface area contributed by atoms with E-state index in [-0.39, 0.29) is 21.9 Å². The first kappa shape index (κ1) is 15.9. The third-order valence-electron chi connectivity index (χ3n) is 3.03. The Morgan fingerprint density at radius 3 is 2.76 bits per heavy atom. The summed E-state index contributed by atoms with van der Waals surface area (Å²) in [4.78, 5) is 4.31. The van der Waals surface area contributed by atoms with E-state index in [0.717, 1.165) is 6.26 Å². The molecule has 1 unspecified atom stereocenters. The molecule has 0 aliphatic carbocycles. The number of hydrogen-bond donors (Lipinski definition) is 1. The molecule has 8 heteroatoms. The molecular weight excluding hydrogens is 314 g/mol. The van der Waals surface area contributed by atoms with Crippen molar-refractivity contribution in [2.75, 3.05) is 13.3 Å². The third-order valence-corrected chi connectivity index (χ3v) is 4.61. The summed E-state index contributed by atoms with van der Waals surface area (Å²) in [5.41, 5.74) is 0.524. The summed E-state index contributed by atoms with van der Waals surface area (Å²) in [5, 5.41) is 7.14. The molecule has 6 nitrogen and oxygen atoms in total. The molecule has 1 atom stereocenters. The highest BCUT2D eigenvalue weighted by Crippen LogP contribution is 2.27. The van der Waals surface area contributed by atoms with Crippen LogP contribution in [0.25, 0.3) is 11.5 Å². The van der Waals surface area contributed by atoms with Gasteiger partial charge < -0.3 is 9.84 Å². The molecule has 21 heavy (non-hydrogen) atoms. The molecule has 114 valence electrons. The van der Waals surface area contributed by atoms with Crippen molar-refractivity contribution in [3.05, 3.63) is 29.0 Å². The first-order valence-corrected chi connectivity index (χ1v) is 8.58. The number of halogens is 1. The topological polar surface area (TPSA) is 85.1 Å². The zero-order valence-electron chi connectivity index (χ0n) is 11.9. The van der Waals surface area contributed by atoms with Crippen LogP contribution in [-0.4, -0.2) is 37.9 Å². The van der Waals surface area contributed by atoms with Crippen molar-refractivity contribution in [3.63, 3.8) is 0 Å². The molecule has 0 aliphatic rings. The Labute approximate surface area is 128 Å². The minimum atomic E-state index is -3.41. The van der Waals surface area contributed by atoms with E-state index in [1.165, 1.54) is 12.1 Å². The maximum Gasteiger partial charge on any atom is 0.257 e. The average molecular weight is 330 g/mol. The largest absolute Gasteiger partial charge is 0.334 e. The third kappa shape index (κ3) is 3.81. The van der Waals surface area contributed by atoms with Gasteiger partial charge >= 0.3 is 0 Å². The van der Waals surface area contributed by atoms with Crippen molar-refractivity contribution in [1.82, 2.24) is 15.5 Å². The molecule has 0 aliphatic heterocycles. The van der Waals surface area contributed by atoms with Gasteiger partial charge in [0, 0.05) is 24.3 Å². The van der Waals surface area contributed by atoms with Gasteiger partial charge in [0.05, 0.1) is 9.92 Å². The standard InChI is InChI=1S/C13H16ClN3O3S/c1-8(15-2)6-12-16-13(20-17-12)9-4-5-10(14)11(7-9)21(3,18)19/h4-5,7-8,15H,6H2,1-3H3. The van der Waals surface area contributed by atoms with Crippen LogP contribution >= 0.6 is 11.6 Å². The van der Waals surface area contributed by atoms with Crippen LogP contribution in [0.15, 0.2) is 27.6 Å². The maximum absolute atomic E-state index is 11.7. The smallest absolute Gasteiger partial charge is 0.257 e. The van der Waals surface area contributed by atoms with E-state index in [9.17, 15) is 8.42 Å². The lowest BCUT2D eigenvalue weighted by atomic mass is 10.2. The molecule has 2 aromatic rings. The van der Waals surface area contributed by atoms with Crippen molar-refractivity contribution in [3.8, 4) is 11.5 Å². The summed E-state index contributed by atoms with van der Waals surface area (Å²) in [6.07, 6.45) is 1.72. The van der Waals surface area contributed by atoms with Crippen LogP contribution in [0.4, 0.5) is 0 Å². The molecule has 2 rings (SSSR count). The van der Waals surface area contributed by atoms with Gasteiger partial charge in [0.25, 0.3) is 5.89 Å². The molecule has 1 aromatic heterocycles. The summed E-state index contributed by atoms with van der Waals surface area (Å²) in [7, 11) is -1.56. The Balaban J connectivity index is 2.35. The van der Waals surface area contributed by atoms with Crippen molar-refractivity contribution in [1.29, 1.82) is 0 Å². The van der Waals surface area contributed by atoms with Gasteiger partial charge in [0.1, 0.15) is 0 Å². The monoisotopic (exact) mass is 329 g/mol. The lowest BCUT2D eigenvalue weighted by Gasteiger charge is -2.05. The minimum Gasteiger partial charge on any atom is -0.334 e. The van der Waals surface area contributed by atoms with Gasteiger partial charge in [-0.3, -0.25) is 0 Å². The van der Waals surface area contributed by atoms with Crippen LogP contribution in [0.5, 0.6) is 0 Å². The fourth-order valence-corrected chi connectivity index (χ4v) is 3.05. The second kappa shape index (κ2) is 6.13. The molecule has 0 saturated carbocycles. The number of likely N-dealkylation sites (N-methyl/N-ethyl adjacent to an activating group) is 1. The normalized spacial score (nSPS) is 13.3. The van der Waals surface area contributed by atoms with E-state index in [1.807, 2.05) is 14.0 Å². The molecular formula is C13H16ClN3O3S. The SMILES string of the molecule is CNC(C)Cc1noc(-c2ccc(Cl)c(S(C)(=O)=O)c2)n1. The van der Waals surface area contributed by atoms with E-state index in [1.54, 1.807) is 6.07 Å². The summed E-state index contributed by atoms with van der Waals surface area (Å²) in [5.74, 6) is 0.831. The molecule has 0 spiro atoms. The number of rotatable bonds is 5. The van der Waals surface area contributed by atoms with E-state index in [0.29, 0.717) is 17.8 Å². The van der Waals surface area contributed by atoms with E-state index < -0.39 is 9.84 Å².